The number of hydrogen-bond acceptors (Lipinski definition) is 8. The van der Waals surface area contributed by atoms with Gasteiger partial charge in [-0.25, -0.2) is 4.79 Å². The number of esters is 2. The highest BCUT2D eigenvalue weighted by molar-refractivity contribution is 6.00. The van der Waals surface area contributed by atoms with Crippen molar-refractivity contribution in [3.8, 4) is 0 Å². The highest BCUT2D eigenvalue weighted by Crippen LogP contribution is 2.26. The summed E-state index contributed by atoms with van der Waals surface area (Å²) in [5.41, 5.74) is 0.944. The molecule has 2 aromatic rings. The SMILES string of the molecule is CCCOC(=O)c1ccc(N2C[C@H](C(=O)OCC(=O)Nc3cc(C)on3)CC2=O)cc1. The van der Waals surface area contributed by atoms with Crippen LogP contribution in [0.25, 0.3) is 0 Å². The summed E-state index contributed by atoms with van der Waals surface area (Å²) in [5.74, 6) is -1.81. The van der Waals surface area contributed by atoms with E-state index in [-0.39, 0.29) is 24.7 Å². The smallest absolute Gasteiger partial charge is 0.338 e. The first-order valence-electron chi connectivity index (χ1n) is 9.84. The molecule has 0 unspecified atom stereocenters. The zero-order valence-corrected chi connectivity index (χ0v) is 17.3. The second-order valence-corrected chi connectivity index (χ2v) is 7.07. The van der Waals surface area contributed by atoms with Gasteiger partial charge in [0.15, 0.2) is 12.4 Å². The molecule has 0 saturated carbocycles. The van der Waals surface area contributed by atoms with Crippen LogP contribution in [0.2, 0.25) is 0 Å². The first-order chi connectivity index (χ1) is 14.9. The quantitative estimate of drug-likeness (QED) is 0.632. The zero-order valence-electron chi connectivity index (χ0n) is 17.3. The predicted octanol–water partition coefficient (Wildman–Crippen LogP) is 2.08. The van der Waals surface area contributed by atoms with E-state index >= 15 is 0 Å². The van der Waals surface area contributed by atoms with Crippen molar-refractivity contribution in [3.63, 3.8) is 0 Å². The molecule has 1 aliphatic heterocycles. The summed E-state index contributed by atoms with van der Waals surface area (Å²) < 4.78 is 14.9. The Hall–Kier alpha value is -3.69. The summed E-state index contributed by atoms with van der Waals surface area (Å²) in [6, 6.07) is 7.93. The van der Waals surface area contributed by atoms with Crippen LogP contribution in [0.15, 0.2) is 34.9 Å². The molecule has 3 rings (SSSR count). The summed E-state index contributed by atoms with van der Waals surface area (Å²) in [6.45, 7) is 3.55. The van der Waals surface area contributed by atoms with Crippen LogP contribution < -0.4 is 10.2 Å². The van der Waals surface area contributed by atoms with Gasteiger partial charge in [0.25, 0.3) is 5.91 Å². The van der Waals surface area contributed by atoms with Crippen LogP contribution in [0.1, 0.15) is 35.9 Å². The Bertz CT molecular complexity index is 968. The highest BCUT2D eigenvalue weighted by Gasteiger charge is 2.36. The van der Waals surface area contributed by atoms with E-state index in [1.807, 2.05) is 6.92 Å². The molecule has 1 atom stereocenters. The molecule has 0 bridgehead atoms. The van der Waals surface area contributed by atoms with Crippen LogP contribution in [0.4, 0.5) is 11.5 Å². The molecule has 0 radical (unpaired) electrons. The summed E-state index contributed by atoms with van der Waals surface area (Å²) in [4.78, 5) is 49.8. The van der Waals surface area contributed by atoms with Crippen LogP contribution in [-0.2, 0) is 23.9 Å². The fourth-order valence-electron chi connectivity index (χ4n) is 3.03. The van der Waals surface area contributed by atoms with E-state index in [1.54, 1.807) is 31.2 Å². The van der Waals surface area contributed by atoms with Crippen LogP contribution in [0.5, 0.6) is 0 Å². The molecule has 10 heteroatoms. The third-order valence-electron chi connectivity index (χ3n) is 4.55. The lowest BCUT2D eigenvalue weighted by Crippen LogP contribution is -2.28. The van der Waals surface area contributed by atoms with E-state index in [2.05, 4.69) is 10.5 Å². The monoisotopic (exact) mass is 429 g/mol. The normalized spacial score (nSPS) is 15.6. The minimum Gasteiger partial charge on any atom is -0.462 e. The molecule has 0 spiro atoms. The van der Waals surface area contributed by atoms with Crippen molar-refractivity contribution in [3.05, 3.63) is 41.7 Å². The van der Waals surface area contributed by atoms with E-state index in [1.165, 1.54) is 11.0 Å². The van der Waals surface area contributed by atoms with E-state index in [0.29, 0.717) is 23.6 Å². The average molecular weight is 429 g/mol. The average Bonchev–Trinajstić information content (AvgIpc) is 3.35. The first-order valence-corrected chi connectivity index (χ1v) is 9.84. The maximum atomic E-state index is 12.4. The Kier molecular flexibility index (Phi) is 7.01. The van der Waals surface area contributed by atoms with Crippen LogP contribution in [0.3, 0.4) is 0 Å². The van der Waals surface area contributed by atoms with Gasteiger partial charge >= 0.3 is 11.9 Å². The summed E-state index contributed by atoms with van der Waals surface area (Å²) >= 11 is 0. The Morgan fingerprint density at radius 3 is 2.61 bits per heavy atom. The van der Waals surface area contributed by atoms with Gasteiger partial charge in [0.05, 0.1) is 18.1 Å². The van der Waals surface area contributed by atoms with Gasteiger partial charge in [-0.05, 0) is 37.6 Å². The van der Waals surface area contributed by atoms with Crippen LogP contribution >= 0.6 is 0 Å². The van der Waals surface area contributed by atoms with Crippen molar-refractivity contribution in [1.29, 1.82) is 0 Å². The van der Waals surface area contributed by atoms with E-state index in [9.17, 15) is 19.2 Å². The van der Waals surface area contributed by atoms with Gasteiger partial charge in [-0.3, -0.25) is 14.4 Å². The molecule has 10 nitrogen and oxygen atoms in total. The number of carbonyl (C=O) groups excluding carboxylic acids is 4. The van der Waals surface area contributed by atoms with E-state index in [4.69, 9.17) is 14.0 Å². The van der Waals surface area contributed by atoms with Gasteiger partial charge < -0.3 is 24.2 Å². The predicted molar refractivity (Wildman–Crippen MR) is 108 cm³/mol. The van der Waals surface area contributed by atoms with E-state index < -0.39 is 30.4 Å². The lowest BCUT2D eigenvalue weighted by atomic mass is 10.1. The van der Waals surface area contributed by atoms with Crippen molar-refractivity contribution in [1.82, 2.24) is 5.16 Å². The molecule has 1 aliphatic rings. The second-order valence-electron chi connectivity index (χ2n) is 7.07. The Labute approximate surface area is 178 Å². The molecule has 2 heterocycles. The van der Waals surface area contributed by atoms with Gasteiger partial charge in [-0.2, -0.15) is 0 Å². The zero-order chi connectivity index (χ0) is 22.4. The molecular formula is C21H23N3O7. The van der Waals surface area contributed by atoms with Gasteiger partial charge in [-0.15, -0.1) is 0 Å². The second kappa shape index (κ2) is 9.88. The fraction of sp³-hybridized carbons (Fsp3) is 0.381. The number of benzene rings is 1. The van der Waals surface area contributed by atoms with Crippen molar-refractivity contribution >= 4 is 35.3 Å². The molecule has 1 fully saturated rings. The number of nitrogens with one attached hydrogen (secondary N) is 1. The number of aryl methyl sites for hydroxylation is 1. The summed E-state index contributed by atoms with van der Waals surface area (Å²) in [5, 5.41) is 6.06. The van der Waals surface area contributed by atoms with E-state index in [0.717, 1.165) is 6.42 Å². The lowest BCUT2D eigenvalue weighted by Gasteiger charge is -2.17. The Morgan fingerprint density at radius 1 is 1.23 bits per heavy atom. The lowest BCUT2D eigenvalue weighted by molar-refractivity contribution is -0.151. The third-order valence-corrected chi connectivity index (χ3v) is 4.55. The van der Waals surface area contributed by atoms with Crippen molar-refractivity contribution < 1.29 is 33.2 Å². The highest BCUT2D eigenvalue weighted by atomic mass is 16.5. The maximum absolute atomic E-state index is 12.4. The standard InChI is InChI=1S/C21H23N3O7/c1-3-8-29-20(27)14-4-6-16(7-5-14)24-11-15(10-19(24)26)21(28)30-12-18(25)22-17-9-13(2)31-23-17/h4-7,9,15H,3,8,10-12H2,1-2H3,(H,22,23,25)/t15-/m1/s1. The van der Waals surface area contributed by atoms with Crippen LogP contribution in [-0.4, -0.2) is 48.7 Å². The number of anilines is 2. The number of nitrogens with zero attached hydrogens (tertiary/aromatic N) is 2. The summed E-state index contributed by atoms with van der Waals surface area (Å²) in [7, 11) is 0. The fourth-order valence-corrected chi connectivity index (χ4v) is 3.03. The largest absolute Gasteiger partial charge is 0.462 e. The topological polar surface area (TPSA) is 128 Å². The number of ether oxygens (including phenoxy) is 2. The number of rotatable bonds is 8. The molecule has 1 N–H and O–H groups in total. The summed E-state index contributed by atoms with van der Waals surface area (Å²) in [6.07, 6.45) is 0.703. The van der Waals surface area contributed by atoms with Crippen LogP contribution in [0, 0.1) is 12.8 Å². The molecule has 0 aliphatic carbocycles. The van der Waals surface area contributed by atoms with Crippen molar-refractivity contribution in [2.45, 2.75) is 26.7 Å². The molecule has 164 valence electrons. The molecule has 1 aromatic carbocycles. The number of amides is 2. The van der Waals surface area contributed by atoms with Crippen molar-refractivity contribution in [2.24, 2.45) is 5.92 Å². The maximum Gasteiger partial charge on any atom is 0.338 e. The molecular weight excluding hydrogens is 406 g/mol. The number of aromatic nitrogens is 1. The van der Waals surface area contributed by atoms with Gasteiger partial charge in [0.1, 0.15) is 5.76 Å². The van der Waals surface area contributed by atoms with Gasteiger partial charge in [-0.1, -0.05) is 12.1 Å². The minimum atomic E-state index is -0.691. The first kappa shape index (κ1) is 22.0. The molecule has 2 amide bonds. The molecule has 31 heavy (non-hydrogen) atoms. The Morgan fingerprint density at radius 2 is 1.97 bits per heavy atom. The molecule has 1 aromatic heterocycles. The van der Waals surface area contributed by atoms with Gasteiger partial charge in [0, 0.05) is 24.7 Å². The Balaban J connectivity index is 1.51. The number of carbonyl (C=O) groups is 4. The third kappa shape index (κ3) is 5.68. The minimum absolute atomic E-state index is 0.0246. The van der Waals surface area contributed by atoms with Gasteiger partial charge in [0.2, 0.25) is 5.91 Å². The molecule has 1 saturated heterocycles. The van der Waals surface area contributed by atoms with Crippen molar-refractivity contribution in [2.75, 3.05) is 30.0 Å². The number of hydrogen-bond donors (Lipinski definition) is 1.